The van der Waals surface area contributed by atoms with E-state index in [2.05, 4.69) is 19.2 Å². The van der Waals surface area contributed by atoms with Crippen LogP contribution in [0.1, 0.15) is 37.0 Å². The summed E-state index contributed by atoms with van der Waals surface area (Å²) in [6, 6.07) is 4.57. The van der Waals surface area contributed by atoms with Gasteiger partial charge in [-0.3, -0.25) is 4.79 Å². The van der Waals surface area contributed by atoms with E-state index in [-0.39, 0.29) is 22.6 Å². The standard InChI is InChI=1S/C15H22ClNO3/c1-4-15(5-2,9-16)10-17-14(19)12-8-11(20-3)6-7-13(12)18/h6-8,18H,4-5,9-10H2,1-3H3,(H,17,19). The van der Waals surface area contributed by atoms with Crippen LogP contribution in [-0.2, 0) is 0 Å². The topological polar surface area (TPSA) is 58.6 Å². The van der Waals surface area contributed by atoms with E-state index in [1.54, 1.807) is 6.07 Å². The zero-order chi connectivity index (χ0) is 15.2. The molecular formula is C15H22ClNO3. The third kappa shape index (κ3) is 3.79. The monoisotopic (exact) mass is 299 g/mol. The molecule has 1 aromatic rings. The normalized spacial score (nSPS) is 11.2. The number of carbonyl (C=O) groups excluding carboxylic acids is 1. The van der Waals surface area contributed by atoms with Crippen LogP contribution in [0.15, 0.2) is 18.2 Å². The van der Waals surface area contributed by atoms with Crippen LogP contribution in [0.5, 0.6) is 11.5 Å². The van der Waals surface area contributed by atoms with Crippen molar-refractivity contribution in [2.75, 3.05) is 19.5 Å². The van der Waals surface area contributed by atoms with Crippen LogP contribution in [0, 0.1) is 5.41 Å². The summed E-state index contributed by atoms with van der Waals surface area (Å²) in [6.45, 7) is 4.60. The Bertz CT molecular complexity index is 450. The summed E-state index contributed by atoms with van der Waals surface area (Å²) in [4.78, 5) is 12.2. The summed E-state index contributed by atoms with van der Waals surface area (Å²) < 4.78 is 5.06. The summed E-state index contributed by atoms with van der Waals surface area (Å²) in [5.41, 5.74) is 0.103. The predicted octanol–water partition coefficient (Wildman–Crippen LogP) is 3.18. The summed E-state index contributed by atoms with van der Waals surface area (Å²) in [7, 11) is 1.51. The molecule has 0 aromatic heterocycles. The molecule has 0 unspecified atom stereocenters. The highest BCUT2D eigenvalue weighted by molar-refractivity contribution is 6.18. The van der Waals surface area contributed by atoms with Crippen LogP contribution in [0.2, 0.25) is 0 Å². The van der Waals surface area contributed by atoms with Gasteiger partial charge in [-0.05, 0) is 31.0 Å². The van der Waals surface area contributed by atoms with E-state index in [0.717, 1.165) is 12.8 Å². The lowest BCUT2D eigenvalue weighted by atomic mass is 9.84. The Morgan fingerprint density at radius 3 is 2.55 bits per heavy atom. The summed E-state index contributed by atoms with van der Waals surface area (Å²) in [5.74, 6) is 0.637. The zero-order valence-corrected chi connectivity index (χ0v) is 13.0. The maximum atomic E-state index is 12.2. The van der Waals surface area contributed by atoms with Crippen molar-refractivity contribution in [2.24, 2.45) is 5.41 Å². The highest BCUT2D eigenvalue weighted by Gasteiger charge is 2.26. The first-order valence-corrected chi connectivity index (χ1v) is 7.26. The number of nitrogens with one attached hydrogen (secondary N) is 1. The number of ether oxygens (including phenoxy) is 1. The molecule has 0 aliphatic carbocycles. The van der Waals surface area contributed by atoms with Crippen molar-refractivity contribution < 1.29 is 14.6 Å². The van der Waals surface area contributed by atoms with Crippen LogP contribution < -0.4 is 10.1 Å². The molecule has 0 bridgehead atoms. The smallest absolute Gasteiger partial charge is 0.255 e. The first kappa shape index (κ1) is 16.6. The van der Waals surface area contributed by atoms with Gasteiger partial charge in [0, 0.05) is 17.8 Å². The molecule has 20 heavy (non-hydrogen) atoms. The lowest BCUT2D eigenvalue weighted by molar-refractivity contribution is 0.0928. The summed E-state index contributed by atoms with van der Waals surface area (Å²) >= 11 is 6.01. The molecule has 4 nitrogen and oxygen atoms in total. The first-order chi connectivity index (χ1) is 9.51. The molecular weight excluding hydrogens is 278 g/mol. The third-order valence-corrected chi connectivity index (χ3v) is 4.42. The number of amides is 1. The van der Waals surface area contributed by atoms with Crippen molar-refractivity contribution in [1.82, 2.24) is 5.32 Å². The Labute approximate surface area is 125 Å². The Morgan fingerprint density at radius 1 is 1.40 bits per heavy atom. The van der Waals surface area contributed by atoms with E-state index < -0.39 is 0 Å². The minimum absolute atomic E-state index is 0.0622. The fourth-order valence-electron chi connectivity index (χ4n) is 1.92. The van der Waals surface area contributed by atoms with Crippen LogP contribution >= 0.6 is 11.6 Å². The second-order valence-electron chi connectivity index (χ2n) is 4.91. The number of halogens is 1. The molecule has 1 rings (SSSR count). The average molecular weight is 300 g/mol. The molecule has 2 N–H and O–H groups in total. The number of methoxy groups -OCH3 is 1. The second-order valence-corrected chi connectivity index (χ2v) is 5.17. The number of alkyl halides is 1. The molecule has 0 fully saturated rings. The average Bonchev–Trinajstić information content (AvgIpc) is 2.49. The Hall–Kier alpha value is -1.42. The van der Waals surface area contributed by atoms with Crippen LogP contribution in [-0.4, -0.2) is 30.5 Å². The van der Waals surface area contributed by atoms with Gasteiger partial charge in [0.05, 0.1) is 12.7 Å². The molecule has 0 saturated heterocycles. The van der Waals surface area contributed by atoms with Gasteiger partial charge in [-0.1, -0.05) is 13.8 Å². The molecule has 1 amide bonds. The number of hydrogen-bond acceptors (Lipinski definition) is 3. The second kappa shape index (κ2) is 7.39. The molecule has 112 valence electrons. The zero-order valence-electron chi connectivity index (χ0n) is 12.2. The molecule has 0 radical (unpaired) electrons. The number of phenolic OH excluding ortho intramolecular Hbond substituents is 1. The van der Waals surface area contributed by atoms with Crippen molar-refractivity contribution in [3.8, 4) is 11.5 Å². The number of rotatable bonds is 7. The lowest BCUT2D eigenvalue weighted by Gasteiger charge is -2.29. The molecule has 0 heterocycles. The SMILES string of the molecule is CCC(CC)(CCl)CNC(=O)c1cc(OC)ccc1O. The molecule has 1 aromatic carbocycles. The Kier molecular flexibility index (Phi) is 6.14. The predicted molar refractivity (Wildman–Crippen MR) is 80.7 cm³/mol. The van der Waals surface area contributed by atoms with E-state index in [4.69, 9.17) is 16.3 Å². The maximum Gasteiger partial charge on any atom is 0.255 e. The van der Waals surface area contributed by atoms with Gasteiger partial charge in [0.1, 0.15) is 11.5 Å². The minimum atomic E-state index is -0.321. The fraction of sp³-hybridized carbons (Fsp3) is 0.533. The number of phenols is 1. The van der Waals surface area contributed by atoms with Crippen LogP contribution in [0.25, 0.3) is 0 Å². The van der Waals surface area contributed by atoms with Gasteiger partial charge >= 0.3 is 0 Å². The molecule has 0 aliphatic rings. The quantitative estimate of drug-likeness (QED) is 0.760. The fourth-order valence-corrected chi connectivity index (χ4v) is 2.40. The van der Waals surface area contributed by atoms with E-state index in [1.807, 2.05) is 0 Å². The van der Waals surface area contributed by atoms with Gasteiger partial charge in [-0.2, -0.15) is 0 Å². The highest BCUT2D eigenvalue weighted by atomic mass is 35.5. The van der Waals surface area contributed by atoms with Gasteiger partial charge in [0.25, 0.3) is 5.91 Å². The Morgan fingerprint density at radius 2 is 2.05 bits per heavy atom. The van der Waals surface area contributed by atoms with Gasteiger partial charge in [0.2, 0.25) is 0 Å². The van der Waals surface area contributed by atoms with Gasteiger partial charge in [0.15, 0.2) is 0 Å². The number of benzene rings is 1. The largest absolute Gasteiger partial charge is 0.507 e. The van der Waals surface area contributed by atoms with Crippen molar-refractivity contribution in [2.45, 2.75) is 26.7 Å². The Balaban J connectivity index is 2.81. The number of carbonyl (C=O) groups is 1. The molecule has 0 aliphatic heterocycles. The van der Waals surface area contributed by atoms with E-state index >= 15 is 0 Å². The maximum absolute atomic E-state index is 12.2. The first-order valence-electron chi connectivity index (χ1n) is 6.73. The molecule has 0 atom stereocenters. The number of aromatic hydroxyl groups is 1. The van der Waals surface area contributed by atoms with Crippen molar-refractivity contribution in [3.05, 3.63) is 23.8 Å². The van der Waals surface area contributed by atoms with Gasteiger partial charge in [-0.15, -0.1) is 11.6 Å². The van der Waals surface area contributed by atoms with E-state index in [1.165, 1.54) is 19.2 Å². The third-order valence-electron chi connectivity index (χ3n) is 3.86. The summed E-state index contributed by atoms with van der Waals surface area (Å²) in [6.07, 6.45) is 1.77. The molecule has 0 spiro atoms. The van der Waals surface area contributed by atoms with Gasteiger partial charge in [-0.25, -0.2) is 0 Å². The highest BCUT2D eigenvalue weighted by Crippen LogP contribution is 2.28. The minimum Gasteiger partial charge on any atom is -0.507 e. The van der Waals surface area contributed by atoms with E-state index in [9.17, 15) is 9.90 Å². The van der Waals surface area contributed by atoms with E-state index in [0.29, 0.717) is 18.2 Å². The lowest BCUT2D eigenvalue weighted by Crippen LogP contribution is -2.38. The summed E-state index contributed by atoms with van der Waals surface area (Å²) in [5, 5.41) is 12.6. The molecule has 0 saturated carbocycles. The van der Waals surface area contributed by atoms with Crippen molar-refractivity contribution >= 4 is 17.5 Å². The van der Waals surface area contributed by atoms with Crippen LogP contribution in [0.3, 0.4) is 0 Å². The van der Waals surface area contributed by atoms with Crippen molar-refractivity contribution in [1.29, 1.82) is 0 Å². The molecule has 5 heteroatoms. The van der Waals surface area contributed by atoms with Crippen molar-refractivity contribution in [3.63, 3.8) is 0 Å². The number of hydrogen-bond donors (Lipinski definition) is 2. The van der Waals surface area contributed by atoms with Crippen LogP contribution in [0.4, 0.5) is 0 Å². The van der Waals surface area contributed by atoms with Gasteiger partial charge < -0.3 is 15.2 Å².